The van der Waals surface area contributed by atoms with Gasteiger partial charge in [-0.2, -0.15) is 0 Å². The first kappa shape index (κ1) is 20.1. The number of nitro benzene ring substituents is 1. The predicted molar refractivity (Wildman–Crippen MR) is 106 cm³/mol. The average molecular weight is 376 g/mol. The van der Waals surface area contributed by atoms with Crippen LogP contribution in [0.25, 0.3) is 0 Å². The minimum absolute atomic E-state index is 0.0931. The molecule has 0 atom stereocenters. The zero-order chi connectivity index (χ0) is 19.8. The maximum absolute atomic E-state index is 11.8. The van der Waals surface area contributed by atoms with E-state index in [-0.39, 0.29) is 16.7 Å². The molecule has 0 aliphatic carbocycles. The molecule has 0 saturated carbocycles. The van der Waals surface area contributed by atoms with E-state index in [2.05, 4.69) is 4.90 Å². The van der Waals surface area contributed by atoms with E-state index < -0.39 is 18.3 Å². The van der Waals surface area contributed by atoms with Crippen molar-refractivity contribution in [2.75, 3.05) is 24.7 Å². The highest BCUT2D eigenvalue weighted by Gasteiger charge is 2.52. The molecule has 3 rings (SSSR count). The zero-order valence-corrected chi connectivity index (χ0v) is 16.9. The van der Waals surface area contributed by atoms with Crippen LogP contribution >= 0.6 is 0 Å². The largest absolute Gasteiger partial charge is 0.495 e. The van der Waals surface area contributed by atoms with Crippen molar-refractivity contribution in [2.24, 2.45) is 0 Å². The Balaban J connectivity index is 1.92. The summed E-state index contributed by atoms with van der Waals surface area (Å²) in [6.45, 7) is 12.0. The Morgan fingerprint density at radius 3 is 2.30 bits per heavy atom. The monoisotopic (exact) mass is 376 g/mol. The summed E-state index contributed by atoms with van der Waals surface area (Å²) in [7, 11) is -0.610. The molecule has 0 N–H and O–H groups in total. The Labute approximate surface area is 161 Å². The van der Waals surface area contributed by atoms with E-state index in [0.717, 1.165) is 12.8 Å². The van der Waals surface area contributed by atoms with Crippen LogP contribution in [0.2, 0.25) is 0 Å². The number of hydrogen-bond donors (Lipinski definition) is 0. The standard InChI is InChI=1S/C19H29BN2O5/c1-6-21(15-9-11-25-12-10-15)16-8-7-14(13-17(16)22(23)24)20-26-18(2,3)19(4,5)27-20/h7-8,13,15H,6,9-12H2,1-5H3. The molecule has 2 aliphatic rings. The van der Waals surface area contributed by atoms with Crippen molar-refractivity contribution in [2.45, 2.75) is 64.7 Å². The molecular formula is C19H29BN2O5. The van der Waals surface area contributed by atoms with Crippen LogP contribution in [-0.4, -0.2) is 49.0 Å². The summed E-state index contributed by atoms with van der Waals surface area (Å²) in [4.78, 5) is 13.6. The lowest BCUT2D eigenvalue weighted by atomic mass is 9.78. The molecule has 0 radical (unpaired) electrons. The fourth-order valence-electron chi connectivity index (χ4n) is 3.68. The van der Waals surface area contributed by atoms with Crippen LogP contribution in [0.15, 0.2) is 18.2 Å². The maximum Gasteiger partial charge on any atom is 0.495 e. The molecule has 2 fully saturated rings. The number of ether oxygens (including phenoxy) is 1. The lowest BCUT2D eigenvalue weighted by molar-refractivity contribution is -0.384. The number of rotatable bonds is 5. The van der Waals surface area contributed by atoms with Crippen molar-refractivity contribution in [3.05, 3.63) is 28.3 Å². The first-order chi connectivity index (χ1) is 12.7. The zero-order valence-electron chi connectivity index (χ0n) is 16.9. The smallest absolute Gasteiger partial charge is 0.399 e. The third-order valence-corrected chi connectivity index (χ3v) is 6.00. The van der Waals surface area contributed by atoms with Gasteiger partial charge in [0.1, 0.15) is 5.69 Å². The van der Waals surface area contributed by atoms with Gasteiger partial charge in [-0.1, -0.05) is 6.07 Å². The third-order valence-electron chi connectivity index (χ3n) is 6.00. The highest BCUT2D eigenvalue weighted by molar-refractivity contribution is 6.62. The van der Waals surface area contributed by atoms with Crippen molar-refractivity contribution in [3.63, 3.8) is 0 Å². The molecule has 0 bridgehead atoms. The second kappa shape index (κ2) is 7.41. The van der Waals surface area contributed by atoms with Gasteiger partial charge in [0.25, 0.3) is 5.69 Å². The summed E-state index contributed by atoms with van der Waals surface area (Å²) in [5.41, 5.74) is 0.447. The molecule has 0 spiro atoms. The molecule has 2 saturated heterocycles. The Hall–Kier alpha value is -1.64. The van der Waals surface area contributed by atoms with Gasteiger partial charge in [-0.25, -0.2) is 0 Å². The summed E-state index contributed by atoms with van der Waals surface area (Å²) in [6.07, 6.45) is 1.76. The second-order valence-electron chi connectivity index (χ2n) is 8.22. The van der Waals surface area contributed by atoms with Crippen LogP contribution in [0.3, 0.4) is 0 Å². The molecule has 0 aromatic heterocycles. The number of benzene rings is 1. The molecule has 8 heteroatoms. The van der Waals surface area contributed by atoms with Crippen LogP contribution in [0.4, 0.5) is 11.4 Å². The Morgan fingerprint density at radius 1 is 1.19 bits per heavy atom. The normalized spacial score (nSPS) is 22.0. The molecule has 7 nitrogen and oxygen atoms in total. The van der Waals surface area contributed by atoms with Gasteiger partial charge in [0.15, 0.2) is 0 Å². The summed E-state index contributed by atoms with van der Waals surface area (Å²) in [5, 5.41) is 11.8. The first-order valence-electron chi connectivity index (χ1n) is 9.64. The highest BCUT2D eigenvalue weighted by atomic mass is 16.7. The molecule has 1 aromatic rings. The summed E-state index contributed by atoms with van der Waals surface area (Å²) in [5.74, 6) is 0. The van der Waals surface area contributed by atoms with Gasteiger partial charge >= 0.3 is 7.12 Å². The van der Waals surface area contributed by atoms with Crippen LogP contribution in [0.5, 0.6) is 0 Å². The minimum Gasteiger partial charge on any atom is -0.399 e. The van der Waals surface area contributed by atoms with E-state index >= 15 is 0 Å². The van der Waals surface area contributed by atoms with Crippen LogP contribution in [0, 0.1) is 10.1 Å². The average Bonchev–Trinajstić information content (AvgIpc) is 2.84. The van der Waals surface area contributed by atoms with Crippen LogP contribution < -0.4 is 10.4 Å². The number of anilines is 1. The Morgan fingerprint density at radius 2 is 1.78 bits per heavy atom. The summed E-state index contributed by atoms with van der Waals surface area (Å²) in [6, 6.07) is 5.56. The Bertz CT molecular complexity index is 687. The van der Waals surface area contributed by atoms with Gasteiger partial charge in [-0.15, -0.1) is 0 Å². The van der Waals surface area contributed by atoms with Crippen molar-refractivity contribution < 1.29 is 19.0 Å². The van der Waals surface area contributed by atoms with Gasteiger partial charge in [-0.3, -0.25) is 10.1 Å². The van der Waals surface area contributed by atoms with Crippen LogP contribution in [0.1, 0.15) is 47.5 Å². The fourth-order valence-corrected chi connectivity index (χ4v) is 3.68. The van der Waals surface area contributed by atoms with Crippen molar-refractivity contribution in [1.82, 2.24) is 0 Å². The molecule has 148 valence electrons. The van der Waals surface area contributed by atoms with E-state index in [1.54, 1.807) is 6.07 Å². The van der Waals surface area contributed by atoms with E-state index in [1.807, 2.05) is 46.8 Å². The van der Waals surface area contributed by atoms with E-state index in [1.165, 1.54) is 0 Å². The lowest BCUT2D eigenvalue weighted by Gasteiger charge is -2.35. The van der Waals surface area contributed by atoms with Crippen molar-refractivity contribution >= 4 is 24.0 Å². The maximum atomic E-state index is 11.8. The van der Waals surface area contributed by atoms with E-state index in [4.69, 9.17) is 14.0 Å². The van der Waals surface area contributed by atoms with Gasteiger partial charge in [0.05, 0.1) is 16.1 Å². The molecule has 2 heterocycles. The molecule has 0 unspecified atom stereocenters. The highest BCUT2D eigenvalue weighted by Crippen LogP contribution is 2.37. The molecule has 0 amide bonds. The third kappa shape index (κ3) is 3.84. The van der Waals surface area contributed by atoms with E-state index in [0.29, 0.717) is 30.9 Å². The molecular weight excluding hydrogens is 347 g/mol. The van der Waals surface area contributed by atoms with Gasteiger partial charge < -0.3 is 18.9 Å². The lowest BCUT2D eigenvalue weighted by Crippen LogP contribution is -2.41. The summed E-state index contributed by atoms with van der Waals surface area (Å²) < 4.78 is 17.5. The number of hydrogen-bond acceptors (Lipinski definition) is 6. The van der Waals surface area contributed by atoms with Gasteiger partial charge in [0.2, 0.25) is 0 Å². The van der Waals surface area contributed by atoms with Crippen LogP contribution in [-0.2, 0) is 14.0 Å². The minimum atomic E-state index is -0.610. The van der Waals surface area contributed by atoms with Gasteiger partial charge in [0, 0.05) is 31.9 Å². The number of nitro groups is 1. The van der Waals surface area contributed by atoms with E-state index in [9.17, 15) is 10.1 Å². The first-order valence-corrected chi connectivity index (χ1v) is 9.64. The second-order valence-corrected chi connectivity index (χ2v) is 8.22. The fraction of sp³-hybridized carbons (Fsp3) is 0.684. The van der Waals surface area contributed by atoms with Crippen molar-refractivity contribution in [3.8, 4) is 0 Å². The van der Waals surface area contributed by atoms with Gasteiger partial charge in [-0.05, 0) is 59.0 Å². The molecule has 27 heavy (non-hydrogen) atoms. The molecule has 1 aromatic carbocycles. The number of nitrogens with zero attached hydrogens (tertiary/aromatic N) is 2. The molecule has 2 aliphatic heterocycles. The predicted octanol–water partition coefficient (Wildman–Crippen LogP) is 2.90. The SMILES string of the molecule is CCN(c1ccc(B2OC(C)(C)C(C)(C)O2)cc1[N+](=O)[O-])C1CCOCC1. The van der Waals surface area contributed by atoms with Crippen molar-refractivity contribution in [1.29, 1.82) is 0 Å². The Kier molecular flexibility index (Phi) is 5.52. The summed E-state index contributed by atoms with van der Waals surface area (Å²) >= 11 is 0. The topological polar surface area (TPSA) is 74.1 Å². The quantitative estimate of drug-likeness (QED) is 0.447.